The van der Waals surface area contributed by atoms with Crippen molar-refractivity contribution in [3.63, 3.8) is 0 Å². The second kappa shape index (κ2) is 12.4. The third kappa shape index (κ3) is 7.13. The fourth-order valence-electron chi connectivity index (χ4n) is 5.61. The van der Waals surface area contributed by atoms with Gasteiger partial charge in [-0.05, 0) is 102 Å². The molecule has 0 heterocycles. The number of carbonyl (C=O) groups is 1. The first-order valence-electron chi connectivity index (χ1n) is 14.7. The van der Waals surface area contributed by atoms with Crippen LogP contribution in [0.3, 0.4) is 0 Å². The first kappa shape index (κ1) is 30.2. The number of aliphatic hydroxyl groups excluding tert-OH is 1. The zero-order valence-electron chi connectivity index (χ0n) is 25.7. The van der Waals surface area contributed by atoms with Crippen LogP contribution in [0.25, 0.3) is 0 Å². The molecular weight excluding hydrogens is 506 g/mol. The number of carbonyl (C=O) groups excluding carboxylic acids is 1. The number of benzene rings is 3. The van der Waals surface area contributed by atoms with E-state index in [-0.39, 0.29) is 16.7 Å². The molecule has 1 atom stereocenters. The molecule has 3 aromatic rings. The number of rotatable bonds is 8. The SMILES string of the molecule is CCNC(=O)c1ccc(C#CC(O)c2cc(NCCc3ccc(N(C)C)cc3)c3c(c2)C(C)(C)CCC3(C)C)cc1. The number of fused-ring (bicyclic) bond motifs is 1. The molecule has 1 unspecified atom stereocenters. The highest BCUT2D eigenvalue weighted by molar-refractivity contribution is 5.94. The topological polar surface area (TPSA) is 64.6 Å². The van der Waals surface area contributed by atoms with Crippen molar-refractivity contribution in [3.8, 4) is 11.8 Å². The fraction of sp³-hybridized carbons (Fsp3) is 0.417. The second-order valence-electron chi connectivity index (χ2n) is 12.6. The van der Waals surface area contributed by atoms with Gasteiger partial charge in [-0.1, -0.05) is 57.7 Å². The zero-order valence-corrected chi connectivity index (χ0v) is 25.7. The molecule has 0 radical (unpaired) electrons. The molecule has 1 aliphatic carbocycles. The van der Waals surface area contributed by atoms with E-state index in [1.54, 1.807) is 12.1 Å². The van der Waals surface area contributed by atoms with Crippen LogP contribution in [0.2, 0.25) is 0 Å². The molecule has 0 spiro atoms. The Hall–Kier alpha value is -3.75. The van der Waals surface area contributed by atoms with Gasteiger partial charge in [-0.25, -0.2) is 0 Å². The van der Waals surface area contributed by atoms with Crippen LogP contribution < -0.4 is 15.5 Å². The molecule has 3 N–H and O–H groups in total. The lowest BCUT2D eigenvalue weighted by Crippen LogP contribution is -2.35. The summed E-state index contributed by atoms with van der Waals surface area (Å²) >= 11 is 0. The zero-order chi connectivity index (χ0) is 29.8. The van der Waals surface area contributed by atoms with Gasteiger partial charge < -0.3 is 20.6 Å². The maximum Gasteiger partial charge on any atom is 0.251 e. The van der Waals surface area contributed by atoms with Gasteiger partial charge in [-0.2, -0.15) is 0 Å². The monoisotopic (exact) mass is 551 g/mol. The summed E-state index contributed by atoms with van der Waals surface area (Å²) in [5, 5.41) is 17.8. The summed E-state index contributed by atoms with van der Waals surface area (Å²) in [5.41, 5.74) is 8.40. The number of hydrogen-bond donors (Lipinski definition) is 3. The van der Waals surface area contributed by atoms with E-state index in [2.05, 4.69) is 106 Å². The van der Waals surface area contributed by atoms with Gasteiger partial charge in [0.25, 0.3) is 5.91 Å². The molecule has 216 valence electrons. The summed E-state index contributed by atoms with van der Waals surface area (Å²) in [5.74, 6) is 6.04. The van der Waals surface area contributed by atoms with Crippen molar-refractivity contribution in [3.05, 3.63) is 94.0 Å². The highest BCUT2D eigenvalue weighted by Crippen LogP contribution is 2.49. The number of nitrogens with one attached hydrogen (secondary N) is 2. The Morgan fingerprint density at radius 1 is 0.976 bits per heavy atom. The average Bonchev–Trinajstić information content (AvgIpc) is 2.94. The van der Waals surface area contributed by atoms with Crippen LogP contribution >= 0.6 is 0 Å². The van der Waals surface area contributed by atoms with Gasteiger partial charge in [0.1, 0.15) is 6.10 Å². The van der Waals surface area contributed by atoms with Crippen LogP contribution in [-0.2, 0) is 17.3 Å². The van der Waals surface area contributed by atoms with Crippen LogP contribution in [-0.4, -0.2) is 38.2 Å². The quantitative estimate of drug-likeness (QED) is 0.276. The molecule has 5 nitrogen and oxygen atoms in total. The molecule has 0 saturated heterocycles. The summed E-state index contributed by atoms with van der Waals surface area (Å²) in [6, 6.07) is 20.1. The first-order chi connectivity index (χ1) is 19.4. The van der Waals surface area contributed by atoms with Crippen molar-refractivity contribution in [2.75, 3.05) is 37.4 Å². The van der Waals surface area contributed by atoms with Gasteiger partial charge in [0.15, 0.2) is 0 Å². The van der Waals surface area contributed by atoms with Crippen LogP contribution in [0.15, 0.2) is 60.7 Å². The number of amides is 1. The van der Waals surface area contributed by atoms with Crippen LogP contribution in [0.1, 0.15) is 91.7 Å². The van der Waals surface area contributed by atoms with E-state index >= 15 is 0 Å². The van der Waals surface area contributed by atoms with Gasteiger partial charge in [-0.15, -0.1) is 0 Å². The highest BCUT2D eigenvalue weighted by Gasteiger charge is 2.39. The van der Waals surface area contributed by atoms with Crippen molar-refractivity contribution in [1.29, 1.82) is 0 Å². The van der Waals surface area contributed by atoms with Crippen LogP contribution in [0, 0.1) is 11.8 Å². The maximum absolute atomic E-state index is 12.1. The second-order valence-corrected chi connectivity index (χ2v) is 12.6. The summed E-state index contributed by atoms with van der Waals surface area (Å²) < 4.78 is 0. The molecule has 0 saturated carbocycles. The molecule has 1 aliphatic rings. The molecular formula is C36H45N3O2. The Morgan fingerprint density at radius 3 is 2.27 bits per heavy atom. The predicted octanol–water partition coefficient (Wildman–Crippen LogP) is 6.59. The van der Waals surface area contributed by atoms with E-state index in [0.29, 0.717) is 12.1 Å². The van der Waals surface area contributed by atoms with E-state index in [1.807, 2.05) is 19.1 Å². The fourth-order valence-corrected chi connectivity index (χ4v) is 5.61. The van der Waals surface area contributed by atoms with Gasteiger partial charge in [0, 0.05) is 49.7 Å². The standard InChI is InChI=1S/C36H45N3O2/c1-8-37-34(41)27-14-9-25(10-15-27)13-18-32(40)28-23-30-33(36(4,5)21-20-35(30,2)3)31(24-28)38-22-19-26-11-16-29(17-12-26)39(6)7/h9-12,14-17,23-24,32,38,40H,8,19-22H2,1-7H3,(H,37,41). The molecule has 3 aromatic carbocycles. The summed E-state index contributed by atoms with van der Waals surface area (Å²) in [4.78, 5) is 14.2. The number of anilines is 2. The number of aliphatic hydroxyl groups is 1. The predicted molar refractivity (Wildman–Crippen MR) is 171 cm³/mol. The van der Waals surface area contributed by atoms with Crippen molar-refractivity contribution in [2.45, 2.75) is 70.8 Å². The molecule has 0 bridgehead atoms. The molecule has 0 aliphatic heterocycles. The minimum atomic E-state index is -0.927. The van der Waals surface area contributed by atoms with E-state index in [9.17, 15) is 9.90 Å². The van der Waals surface area contributed by atoms with Crippen molar-refractivity contribution in [1.82, 2.24) is 5.32 Å². The summed E-state index contributed by atoms with van der Waals surface area (Å²) in [6.07, 6.45) is 2.18. The largest absolute Gasteiger partial charge is 0.384 e. The lowest BCUT2D eigenvalue weighted by molar-refractivity contribution is 0.0956. The molecule has 0 aromatic heterocycles. The molecule has 41 heavy (non-hydrogen) atoms. The van der Waals surface area contributed by atoms with Crippen LogP contribution in [0.4, 0.5) is 11.4 Å². The Morgan fingerprint density at radius 2 is 1.63 bits per heavy atom. The average molecular weight is 552 g/mol. The van der Waals surface area contributed by atoms with E-state index in [0.717, 1.165) is 42.6 Å². The minimum absolute atomic E-state index is 0.00133. The highest BCUT2D eigenvalue weighted by atomic mass is 16.3. The van der Waals surface area contributed by atoms with Crippen molar-refractivity contribution in [2.24, 2.45) is 0 Å². The Kier molecular flexibility index (Phi) is 9.14. The van der Waals surface area contributed by atoms with Gasteiger partial charge >= 0.3 is 0 Å². The smallest absolute Gasteiger partial charge is 0.251 e. The molecule has 5 heteroatoms. The Balaban J connectivity index is 1.60. The lowest BCUT2D eigenvalue weighted by Gasteiger charge is -2.43. The van der Waals surface area contributed by atoms with Crippen molar-refractivity contribution >= 4 is 17.3 Å². The first-order valence-corrected chi connectivity index (χ1v) is 14.7. The third-order valence-electron chi connectivity index (χ3n) is 8.28. The Bertz CT molecular complexity index is 1420. The molecule has 4 rings (SSSR count). The van der Waals surface area contributed by atoms with E-state index < -0.39 is 6.10 Å². The van der Waals surface area contributed by atoms with E-state index in [4.69, 9.17) is 0 Å². The Labute approximate surface area is 246 Å². The van der Waals surface area contributed by atoms with Gasteiger partial charge in [-0.3, -0.25) is 4.79 Å². The normalized spacial score (nSPS) is 15.6. The van der Waals surface area contributed by atoms with Gasteiger partial charge in [0.2, 0.25) is 0 Å². The number of nitrogens with zero attached hydrogens (tertiary/aromatic N) is 1. The van der Waals surface area contributed by atoms with Crippen LogP contribution in [0.5, 0.6) is 0 Å². The van der Waals surface area contributed by atoms with Crippen molar-refractivity contribution < 1.29 is 9.90 Å². The van der Waals surface area contributed by atoms with E-state index in [1.165, 1.54) is 22.4 Å². The number of hydrogen-bond acceptors (Lipinski definition) is 4. The summed E-state index contributed by atoms with van der Waals surface area (Å²) in [6.45, 7) is 12.5. The van der Waals surface area contributed by atoms with Gasteiger partial charge in [0.05, 0.1) is 0 Å². The maximum atomic E-state index is 12.1. The minimum Gasteiger partial charge on any atom is -0.384 e. The molecule has 1 amide bonds. The third-order valence-corrected chi connectivity index (χ3v) is 8.28. The summed E-state index contributed by atoms with van der Waals surface area (Å²) in [7, 11) is 4.11. The molecule has 0 fully saturated rings. The lowest BCUT2D eigenvalue weighted by atomic mass is 9.62.